The summed E-state index contributed by atoms with van der Waals surface area (Å²) >= 11 is 0. The van der Waals surface area contributed by atoms with Crippen LogP contribution < -0.4 is 5.32 Å². The molecule has 142 valence electrons. The van der Waals surface area contributed by atoms with Gasteiger partial charge in [0.1, 0.15) is 0 Å². The summed E-state index contributed by atoms with van der Waals surface area (Å²) in [6.45, 7) is 4.06. The number of rotatable bonds is 4. The van der Waals surface area contributed by atoms with Gasteiger partial charge in [-0.3, -0.25) is 19.7 Å². The van der Waals surface area contributed by atoms with E-state index in [0.29, 0.717) is 13.1 Å². The predicted molar refractivity (Wildman–Crippen MR) is 94.0 cm³/mol. The van der Waals surface area contributed by atoms with Crippen LogP contribution in [0.5, 0.6) is 0 Å². The molecule has 1 fully saturated rings. The van der Waals surface area contributed by atoms with Crippen LogP contribution in [0.3, 0.4) is 0 Å². The van der Waals surface area contributed by atoms with Gasteiger partial charge in [-0.05, 0) is 56.4 Å². The molecule has 26 heavy (non-hydrogen) atoms. The molecule has 1 heterocycles. The van der Waals surface area contributed by atoms with E-state index in [0.717, 1.165) is 19.3 Å². The van der Waals surface area contributed by atoms with E-state index in [2.05, 4.69) is 5.32 Å². The zero-order valence-electron chi connectivity index (χ0n) is 14.6. The average Bonchev–Trinajstić information content (AvgIpc) is 2.52. The second kappa shape index (κ2) is 7.81. The fraction of sp³-hybridized carbons (Fsp3) is 0.500. The minimum Gasteiger partial charge on any atom is -0.334 e. The van der Waals surface area contributed by atoms with Crippen LogP contribution in [0.15, 0.2) is 17.0 Å². The first kappa shape index (κ1) is 19.8. The largest absolute Gasteiger partial charge is 0.334 e. The number of carbonyl (C=O) groups excluding carboxylic acids is 2. The molecule has 1 aliphatic rings. The highest BCUT2D eigenvalue weighted by Gasteiger charge is 2.27. The van der Waals surface area contributed by atoms with Gasteiger partial charge in [0.2, 0.25) is 9.84 Å². The molecule has 1 aromatic rings. The molecule has 0 atom stereocenters. The molecule has 0 spiro atoms. The lowest BCUT2D eigenvalue weighted by molar-refractivity contribution is -0.458. The van der Waals surface area contributed by atoms with Crippen LogP contribution in [0, 0.1) is 24.0 Å². The van der Waals surface area contributed by atoms with E-state index in [-0.39, 0.29) is 21.7 Å². The summed E-state index contributed by atoms with van der Waals surface area (Å²) in [4.78, 5) is 35.4. The summed E-state index contributed by atoms with van der Waals surface area (Å²) in [5, 5.41) is 13.1. The number of nitrogens with zero attached hydrogens (tertiary/aromatic N) is 2. The van der Waals surface area contributed by atoms with E-state index in [1.165, 1.54) is 30.9 Å². The van der Waals surface area contributed by atoms with Crippen molar-refractivity contribution in [1.82, 2.24) is 4.90 Å². The quantitative estimate of drug-likeness (QED) is 0.474. The summed E-state index contributed by atoms with van der Waals surface area (Å²) in [5.41, 5.74) is 0.815. The summed E-state index contributed by atoms with van der Waals surface area (Å²) in [6.07, 6.45) is 2.75. The number of piperidine rings is 1. The number of sulfone groups is 1. The van der Waals surface area contributed by atoms with Gasteiger partial charge in [-0.25, -0.2) is 8.42 Å². The van der Waals surface area contributed by atoms with E-state index in [4.69, 9.17) is 0 Å². The van der Waals surface area contributed by atoms with Crippen molar-refractivity contribution < 1.29 is 22.9 Å². The molecule has 0 bridgehead atoms. The van der Waals surface area contributed by atoms with Crippen LogP contribution in [0.2, 0.25) is 0 Å². The molecule has 1 saturated heterocycles. The number of benzene rings is 1. The van der Waals surface area contributed by atoms with Crippen molar-refractivity contribution in [3.05, 3.63) is 33.4 Å². The van der Waals surface area contributed by atoms with Gasteiger partial charge < -0.3 is 10.2 Å². The van der Waals surface area contributed by atoms with Crippen LogP contribution in [0.4, 0.5) is 5.69 Å². The van der Waals surface area contributed by atoms with Crippen molar-refractivity contribution in [1.29, 1.82) is 0 Å². The standard InChI is InChI=1S/C16H21N3O6S/c1-11-8-13(9-12(2)14(11)26(24,25)10-19(22)23)17-15(20)16(21)18-6-4-3-5-7-18/h8-9H,3-7,10H2,1-2H3,(H,17,20). The Hall–Kier alpha value is -2.49. The van der Waals surface area contributed by atoms with Crippen molar-refractivity contribution >= 4 is 27.3 Å². The lowest BCUT2D eigenvalue weighted by Gasteiger charge is -2.26. The zero-order valence-corrected chi connectivity index (χ0v) is 15.5. The Bertz CT molecular complexity index is 821. The summed E-state index contributed by atoms with van der Waals surface area (Å²) in [5.74, 6) is -2.61. The topological polar surface area (TPSA) is 127 Å². The number of nitrogens with one attached hydrogen (secondary N) is 1. The van der Waals surface area contributed by atoms with E-state index in [1.54, 1.807) is 0 Å². The zero-order chi connectivity index (χ0) is 19.5. The normalized spacial score (nSPS) is 14.8. The molecule has 0 unspecified atom stereocenters. The van der Waals surface area contributed by atoms with Crippen molar-refractivity contribution in [2.75, 3.05) is 24.3 Å². The Morgan fingerprint density at radius 1 is 1.15 bits per heavy atom. The third kappa shape index (κ3) is 4.57. The van der Waals surface area contributed by atoms with Crippen LogP contribution in [0.1, 0.15) is 30.4 Å². The number of anilines is 1. The van der Waals surface area contributed by atoms with Gasteiger partial charge in [0.05, 0.1) is 4.90 Å². The van der Waals surface area contributed by atoms with E-state index in [1.807, 2.05) is 0 Å². The second-order valence-corrected chi connectivity index (χ2v) is 8.22. The third-order valence-electron chi connectivity index (χ3n) is 4.14. The Morgan fingerprint density at radius 2 is 1.69 bits per heavy atom. The predicted octanol–water partition coefficient (Wildman–Crippen LogP) is 1.26. The maximum atomic E-state index is 12.2. The summed E-state index contributed by atoms with van der Waals surface area (Å²) in [7, 11) is -4.09. The molecule has 0 radical (unpaired) electrons. The molecule has 9 nitrogen and oxygen atoms in total. The Morgan fingerprint density at radius 3 is 2.19 bits per heavy atom. The average molecular weight is 383 g/mol. The highest BCUT2D eigenvalue weighted by molar-refractivity contribution is 7.91. The Balaban J connectivity index is 2.20. The second-order valence-electron chi connectivity index (χ2n) is 6.32. The minimum absolute atomic E-state index is 0.130. The van der Waals surface area contributed by atoms with Crippen molar-refractivity contribution in [3.8, 4) is 0 Å². The van der Waals surface area contributed by atoms with Crippen molar-refractivity contribution in [3.63, 3.8) is 0 Å². The van der Waals surface area contributed by atoms with E-state index >= 15 is 0 Å². The fourth-order valence-electron chi connectivity index (χ4n) is 3.14. The first-order chi connectivity index (χ1) is 12.1. The molecule has 1 N–H and O–H groups in total. The number of aryl methyl sites for hydroxylation is 2. The van der Waals surface area contributed by atoms with Crippen molar-refractivity contribution in [2.45, 2.75) is 38.0 Å². The molecular formula is C16H21N3O6S. The number of nitro groups is 1. The van der Waals surface area contributed by atoms with Crippen molar-refractivity contribution in [2.24, 2.45) is 0 Å². The fourth-order valence-corrected chi connectivity index (χ4v) is 4.65. The molecule has 2 amide bonds. The smallest absolute Gasteiger partial charge is 0.313 e. The Labute approximate surface area is 151 Å². The highest BCUT2D eigenvalue weighted by Crippen LogP contribution is 2.25. The minimum atomic E-state index is -4.09. The van der Waals surface area contributed by atoms with Gasteiger partial charge in [-0.2, -0.15) is 0 Å². The monoisotopic (exact) mass is 383 g/mol. The lowest BCUT2D eigenvalue weighted by Crippen LogP contribution is -2.42. The molecule has 0 saturated carbocycles. The number of likely N-dealkylation sites (tertiary alicyclic amines) is 1. The highest BCUT2D eigenvalue weighted by atomic mass is 32.2. The number of amides is 2. The molecule has 1 aliphatic heterocycles. The van der Waals surface area contributed by atoms with Crippen LogP contribution in [0.25, 0.3) is 0 Å². The van der Waals surface area contributed by atoms with E-state index < -0.39 is 32.5 Å². The van der Waals surface area contributed by atoms with Crippen LogP contribution in [-0.2, 0) is 19.4 Å². The van der Waals surface area contributed by atoms with Crippen LogP contribution in [-0.4, -0.2) is 49.0 Å². The number of hydrogen-bond donors (Lipinski definition) is 1. The van der Waals surface area contributed by atoms with Gasteiger partial charge in [-0.15, -0.1) is 0 Å². The van der Waals surface area contributed by atoms with Gasteiger partial charge >= 0.3 is 17.7 Å². The number of carbonyl (C=O) groups is 2. The first-order valence-electron chi connectivity index (χ1n) is 8.18. The summed E-state index contributed by atoms with van der Waals surface area (Å²) in [6, 6.07) is 2.78. The van der Waals surface area contributed by atoms with Gasteiger partial charge in [0, 0.05) is 23.7 Å². The Kier molecular flexibility index (Phi) is 5.96. The molecule has 10 heteroatoms. The molecule has 0 aliphatic carbocycles. The first-order valence-corrected chi connectivity index (χ1v) is 9.83. The molecule has 0 aromatic heterocycles. The summed E-state index contributed by atoms with van der Waals surface area (Å²) < 4.78 is 24.3. The third-order valence-corrected chi connectivity index (χ3v) is 5.96. The lowest BCUT2D eigenvalue weighted by atomic mass is 10.1. The van der Waals surface area contributed by atoms with E-state index in [9.17, 15) is 28.1 Å². The van der Waals surface area contributed by atoms with Gasteiger partial charge in [0.15, 0.2) is 0 Å². The molecule has 1 aromatic carbocycles. The van der Waals surface area contributed by atoms with Gasteiger partial charge in [0.25, 0.3) is 0 Å². The molecular weight excluding hydrogens is 362 g/mol. The van der Waals surface area contributed by atoms with Gasteiger partial charge in [-0.1, -0.05) is 0 Å². The van der Waals surface area contributed by atoms with Crippen LogP contribution >= 0.6 is 0 Å². The maximum absolute atomic E-state index is 12.2. The number of hydrogen-bond acceptors (Lipinski definition) is 6. The maximum Gasteiger partial charge on any atom is 0.313 e. The molecule has 2 rings (SSSR count). The SMILES string of the molecule is Cc1cc(NC(=O)C(=O)N2CCCCC2)cc(C)c1S(=O)(=O)C[N+](=O)[O-].